The predicted octanol–water partition coefficient (Wildman–Crippen LogP) is 1.49. The molecule has 1 atom stereocenters. The number of rotatable bonds is 4. The number of nitrogens with one attached hydrogen (secondary N) is 1. The maximum Gasteiger partial charge on any atom is 0.330 e. The van der Waals surface area contributed by atoms with Gasteiger partial charge in [-0.25, -0.2) is 9.78 Å². The van der Waals surface area contributed by atoms with Gasteiger partial charge in [0.2, 0.25) is 0 Å². The lowest BCUT2D eigenvalue weighted by molar-refractivity contribution is -0.142. The summed E-state index contributed by atoms with van der Waals surface area (Å²) < 4.78 is 4.61. The molecule has 0 saturated heterocycles. The first-order valence-electron chi connectivity index (χ1n) is 5.97. The number of hydrogen-bond acceptors (Lipinski definition) is 5. The standard InChI is InChI=1S/C14H16N2O3/c1-9-7-10-5-3-4-6-11(10)15-13(9)16-12(8-17)14(18)19-2/h3-7,12,17H,8H2,1-2H3,(H,15,16). The number of ether oxygens (including phenoxy) is 1. The van der Waals surface area contributed by atoms with Gasteiger partial charge in [-0.3, -0.25) is 0 Å². The highest BCUT2D eigenvalue weighted by Crippen LogP contribution is 2.20. The van der Waals surface area contributed by atoms with Gasteiger partial charge in [-0.15, -0.1) is 0 Å². The van der Waals surface area contributed by atoms with E-state index >= 15 is 0 Å². The Labute approximate surface area is 111 Å². The number of nitrogens with zero attached hydrogens (tertiary/aromatic N) is 1. The Kier molecular flexibility index (Phi) is 3.97. The van der Waals surface area contributed by atoms with E-state index in [0.717, 1.165) is 16.5 Å². The quantitative estimate of drug-likeness (QED) is 0.815. The second-order valence-corrected chi connectivity index (χ2v) is 4.25. The molecule has 1 heterocycles. The number of aliphatic hydroxyl groups excluding tert-OH is 1. The highest BCUT2D eigenvalue weighted by molar-refractivity contribution is 5.83. The number of carbonyl (C=O) groups excluding carboxylic acids is 1. The first kappa shape index (κ1) is 13.3. The second kappa shape index (κ2) is 5.67. The first-order valence-corrected chi connectivity index (χ1v) is 5.97. The summed E-state index contributed by atoms with van der Waals surface area (Å²) in [6, 6.07) is 8.89. The zero-order valence-electron chi connectivity index (χ0n) is 10.9. The molecule has 0 aliphatic carbocycles. The normalized spacial score (nSPS) is 12.2. The molecular formula is C14H16N2O3. The smallest absolute Gasteiger partial charge is 0.330 e. The van der Waals surface area contributed by atoms with Crippen molar-refractivity contribution < 1.29 is 14.6 Å². The molecule has 0 aliphatic rings. The summed E-state index contributed by atoms with van der Waals surface area (Å²) in [5.41, 5.74) is 1.73. The summed E-state index contributed by atoms with van der Waals surface area (Å²) in [4.78, 5) is 15.9. The van der Waals surface area contributed by atoms with Crippen LogP contribution in [0.25, 0.3) is 10.9 Å². The molecule has 0 fully saturated rings. The lowest BCUT2D eigenvalue weighted by Gasteiger charge is -2.16. The van der Waals surface area contributed by atoms with Gasteiger partial charge in [-0.1, -0.05) is 18.2 Å². The van der Waals surface area contributed by atoms with E-state index in [9.17, 15) is 9.90 Å². The van der Waals surface area contributed by atoms with Crippen LogP contribution in [0.2, 0.25) is 0 Å². The third kappa shape index (κ3) is 2.82. The molecule has 1 aromatic carbocycles. The van der Waals surface area contributed by atoms with E-state index in [0.29, 0.717) is 5.82 Å². The lowest BCUT2D eigenvalue weighted by atomic mass is 10.1. The van der Waals surface area contributed by atoms with Gasteiger partial charge in [0.25, 0.3) is 0 Å². The monoisotopic (exact) mass is 260 g/mol. The summed E-state index contributed by atoms with van der Waals surface area (Å²) in [5.74, 6) is 0.0556. The molecule has 100 valence electrons. The number of anilines is 1. The minimum atomic E-state index is -0.808. The molecule has 0 bridgehead atoms. The molecule has 5 heteroatoms. The van der Waals surface area contributed by atoms with Gasteiger partial charge in [0, 0.05) is 5.39 Å². The number of fused-ring (bicyclic) bond motifs is 1. The van der Waals surface area contributed by atoms with Gasteiger partial charge in [-0.2, -0.15) is 0 Å². The molecular weight excluding hydrogens is 244 g/mol. The zero-order valence-corrected chi connectivity index (χ0v) is 10.9. The van der Waals surface area contributed by atoms with Crippen molar-refractivity contribution in [3.8, 4) is 0 Å². The van der Waals surface area contributed by atoms with E-state index in [2.05, 4.69) is 15.0 Å². The van der Waals surface area contributed by atoms with Gasteiger partial charge >= 0.3 is 5.97 Å². The minimum absolute atomic E-state index is 0.347. The van der Waals surface area contributed by atoms with Gasteiger partial charge in [0.15, 0.2) is 0 Å². The van der Waals surface area contributed by atoms with Crippen molar-refractivity contribution in [1.82, 2.24) is 4.98 Å². The number of aliphatic hydroxyl groups is 1. The van der Waals surface area contributed by atoms with Crippen LogP contribution in [0.4, 0.5) is 5.82 Å². The summed E-state index contributed by atoms with van der Waals surface area (Å²) in [7, 11) is 1.29. The number of benzene rings is 1. The van der Waals surface area contributed by atoms with Crippen LogP contribution in [-0.2, 0) is 9.53 Å². The van der Waals surface area contributed by atoms with E-state index in [1.807, 2.05) is 37.3 Å². The Hall–Kier alpha value is -2.14. The molecule has 0 aliphatic heterocycles. The van der Waals surface area contributed by atoms with E-state index in [1.54, 1.807) is 0 Å². The van der Waals surface area contributed by atoms with Crippen LogP contribution >= 0.6 is 0 Å². The zero-order chi connectivity index (χ0) is 13.8. The van der Waals surface area contributed by atoms with Crippen molar-refractivity contribution in [3.05, 3.63) is 35.9 Å². The van der Waals surface area contributed by atoms with Crippen molar-refractivity contribution in [3.63, 3.8) is 0 Å². The number of aryl methyl sites for hydroxylation is 1. The average Bonchev–Trinajstić information content (AvgIpc) is 2.44. The lowest BCUT2D eigenvalue weighted by Crippen LogP contribution is -2.34. The molecule has 19 heavy (non-hydrogen) atoms. The molecule has 0 amide bonds. The Morgan fingerprint density at radius 1 is 1.47 bits per heavy atom. The predicted molar refractivity (Wildman–Crippen MR) is 73.0 cm³/mol. The summed E-state index contributed by atoms with van der Waals surface area (Å²) in [6.07, 6.45) is 0. The highest BCUT2D eigenvalue weighted by Gasteiger charge is 2.19. The SMILES string of the molecule is COC(=O)C(CO)Nc1nc2ccccc2cc1C. The molecule has 2 aromatic rings. The number of aromatic nitrogens is 1. The molecule has 0 spiro atoms. The number of methoxy groups -OCH3 is 1. The van der Waals surface area contributed by atoms with Crippen LogP contribution in [0.15, 0.2) is 30.3 Å². The van der Waals surface area contributed by atoms with Gasteiger partial charge in [-0.05, 0) is 24.6 Å². The third-order valence-electron chi connectivity index (χ3n) is 2.89. The number of hydrogen-bond donors (Lipinski definition) is 2. The maximum atomic E-state index is 11.4. The van der Waals surface area contributed by atoms with Gasteiger partial charge in [0.05, 0.1) is 19.2 Å². The minimum Gasteiger partial charge on any atom is -0.467 e. The molecule has 2 rings (SSSR count). The fourth-order valence-electron chi connectivity index (χ4n) is 1.85. The van der Waals surface area contributed by atoms with Crippen LogP contribution in [0.3, 0.4) is 0 Å². The highest BCUT2D eigenvalue weighted by atomic mass is 16.5. The van der Waals surface area contributed by atoms with Crippen molar-refractivity contribution in [2.24, 2.45) is 0 Å². The van der Waals surface area contributed by atoms with E-state index in [-0.39, 0.29) is 6.61 Å². The molecule has 5 nitrogen and oxygen atoms in total. The Balaban J connectivity index is 2.34. The summed E-state index contributed by atoms with van der Waals surface area (Å²) in [5, 5.41) is 13.1. The number of carbonyl (C=O) groups is 1. The largest absolute Gasteiger partial charge is 0.467 e. The van der Waals surface area contributed by atoms with Gasteiger partial charge < -0.3 is 15.2 Å². The van der Waals surface area contributed by atoms with Crippen LogP contribution in [0.5, 0.6) is 0 Å². The fraction of sp³-hybridized carbons (Fsp3) is 0.286. The summed E-state index contributed by atoms with van der Waals surface area (Å²) in [6.45, 7) is 1.55. The van der Waals surface area contributed by atoms with E-state index in [4.69, 9.17) is 0 Å². The maximum absolute atomic E-state index is 11.4. The van der Waals surface area contributed by atoms with E-state index < -0.39 is 12.0 Å². The average molecular weight is 260 g/mol. The number of pyridine rings is 1. The topological polar surface area (TPSA) is 71.5 Å². The fourth-order valence-corrected chi connectivity index (χ4v) is 1.85. The summed E-state index contributed by atoms with van der Waals surface area (Å²) >= 11 is 0. The third-order valence-corrected chi connectivity index (χ3v) is 2.89. The number of esters is 1. The van der Waals surface area contributed by atoms with Crippen LogP contribution in [0.1, 0.15) is 5.56 Å². The van der Waals surface area contributed by atoms with Crippen LogP contribution < -0.4 is 5.32 Å². The van der Waals surface area contributed by atoms with Gasteiger partial charge in [0.1, 0.15) is 11.9 Å². The van der Waals surface area contributed by atoms with Crippen molar-refractivity contribution in [1.29, 1.82) is 0 Å². The van der Waals surface area contributed by atoms with Crippen LogP contribution in [-0.4, -0.2) is 35.8 Å². The molecule has 2 N–H and O–H groups in total. The Morgan fingerprint density at radius 3 is 2.89 bits per heavy atom. The molecule has 1 aromatic heterocycles. The van der Waals surface area contributed by atoms with E-state index in [1.165, 1.54) is 7.11 Å². The number of para-hydroxylation sites is 1. The van der Waals surface area contributed by atoms with Crippen molar-refractivity contribution in [2.45, 2.75) is 13.0 Å². The molecule has 0 saturated carbocycles. The molecule has 0 radical (unpaired) electrons. The Bertz CT molecular complexity index is 598. The van der Waals surface area contributed by atoms with Crippen LogP contribution in [0, 0.1) is 6.92 Å². The Morgan fingerprint density at radius 2 is 2.21 bits per heavy atom. The second-order valence-electron chi connectivity index (χ2n) is 4.25. The van der Waals surface area contributed by atoms with Crippen molar-refractivity contribution >= 4 is 22.7 Å². The molecule has 1 unspecified atom stereocenters. The first-order chi connectivity index (χ1) is 9.15. The van der Waals surface area contributed by atoms with Crippen molar-refractivity contribution in [2.75, 3.05) is 19.0 Å².